The fourth-order valence-corrected chi connectivity index (χ4v) is 2.54. The van der Waals surface area contributed by atoms with Crippen molar-refractivity contribution in [1.82, 2.24) is 9.88 Å². The molecule has 1 aromatic rings. The van der Waals surface area contributed by atoms with Crippen molar-refractivity contribution in [3.8, 4) is 0 Å². The van der Waals surface area contributed by atoms with Crippen molar-refractivity contribution in [2.45, 2.75) is 57.9 Å². The van der Waals surface area contributed by atoms with Gasteiger partial charge < -0.3 is 15.1 Å². The summed E-state index contributed by atoms with van der Waals surface area (Å²) in [6.07, 6.45) is 8.99. The first kappa shape index (κ1) is 15.0. The van der Waals surface area contributed by atoms with Crippen LogP contribution in [0.2, 0.25) is 0 Å². The van der Waals surface area contributed by atoms with E-state index < -0.39 is 0 Å². The number of oxazole rings is 1. The van der Waals surface area contributed by atoms with Crippen LogP contribution in [-0.4, -0.2) is 28.9 Å². The number of hydrogen-bond acceptors (Lipinski definition) is 4. The Bertz CT molecular complexity index is 423. The number of nitrogens with two attached hydrogens (primary N) is 1. The van der Waals surface area contributed by atoms with Crippen LogP contribution >= 0.6 is 0 Å². The Morgan fingerprint density at radius 2 is 2.10 bits per heavy atom. The van der Waals surface area contributed by atoms with Crippen molar-refractivity contribution in [2.24, 2.45) is 5.73 Å². The molecule has 2 heterocycles. The normalized spacial score (nSPS) is 17.8. The van der Waals surface area contributed by atoms with Gasteiger partial charge in [-0.3, -0.25) is 4.79 Å². The molecular formula is C15H25N3O2. The molecule has 1 atom stereocenters. The van der Waals surface area contributed by atoms with Crippen molar-refractivity contribution in [3.63, 3.8) is 0 Å². The molecule has 1 aliphatic heterocycles. The van der Waals surface area contributed by atoms with Crippen LogP contribution in [0.15, 0.2) is 10.7 Å². The molecule has 5 heteroatoms. The molecule has 1 unspecified atom stereocenters. The molecule has 0 spiro atoms. The van der Waals surface area contributed by atoms with Gasteiger partial charge >= 0.3 is 0 Å². The number of likely N-dealkylation sites (tertiary alicyclic amines) is 1. The quantitative estimate of drug-likeness (QED) is 0.899. The number of rotatable bonds is 5. The molecule has 0 aromatic carbocycles. The van der Waals surface area contributed by atoms with E-state index in [0.717, 1.165) is 45.2 Å². The van der Waals surface area contributed by atoms with Gasteiger partial charge in [0.25, 0.3) is 5.91 Å². The topological polar surface area (TPSA) is 72.4 Å². The zero-order chi connectivity index (χ0) is 14.4. The number of aromatic nitrogens is 1. The lowest BCUT2D eigenvalue weighted by molar-refractivity contribution is 0.0755. The van der Waals surface area contributed by atoms with E-state index in [4.69, 9.17) is 10.2 Å². The van der Waals surface area contributed by atoms with Gasteiger partial charge in [-0.25, -0.2) is 4.98 Å². The minimum absolute atomic E-state index is 0.0235. The molecule has 0 aliphatic carbocycles. The zero-order valence-corrected chi connectivity index (χ0v) is 12.3. The monoisotopic (exact) mass is 279 g/mol. The minimum Gasteiger partial charge on any atom is -0.446 e. The summed E-state index contributed by atoms with van der Waals surface area (Å²) in [4.78, 5) is 18.5. The van der Waals surface area contributed by atoms with Crippen molar-refractivity contribution in [1.29, 1.82) is 0 Å². The third-order valence-electron chi connectivity index (χ3n) is 3.82. The molecule has 1 aromatic heterocycles. The smallest absolute Gasteiger partial charge is 0.275 e. The van der Waals surface area contributed by atoms with E-state index in [1.165, 1.54) is 19.1 Å². The highest BCUT2D eigenvalue weighted by molar-refractivity contribution is 5.92. The molecule has 2 N–H and O–H groups in total. The van der Waals surface area contributed by atoms with Crippen molar-refractivity contribution in [2.75, 3.05) is 13.1 Å². The van der Waals surface area contributed by atoms with Gasteiger partial charge in [0.2, 0.25) is 5.89 Å². The lowest BCUT2D eigenvalue weighted by Gasteiger charge is -2.18. The second-order valence-corrected chi connectivity index (χ2v) is 5.53. The predicted molar refractivity (Wildman–Crippen MR) is 77.3 cm³/mol. The maximum absolute atomic E-state index is 12.4. The average Bonchev–Trinajstić information content (AvgIpc) is 2.80. The highest BCUT2D eigenvalue weighted by Gasteiger charge is 2.22. The summed E-state index contributed by atoms with van der Waals surface area (Å²) in [7, 11) is 0. The lowest BCUT2D eigenvalue weighted by Crippen LogP contribution is -2.32. The molecule has 0 bridgehead atoms. The van der Waals surface area contributed by atoms with Crippen molar-refractivity contribution in [3.05, 3.63) is 17.8 Å². The van der Waals surface area contributed by atoms with Crippen LogP contribution in [-0.2, 0) is 0 Å². The van der Waals surface area contributed by atoms with E-state index >= 15 is 0 Å². The summed E-state index contributed by atoms with van der Waals surface area (Å²) in [6, 6.07) is -0.208. The van der Waals surface area contributed by atoms with Crippen molar-refractivity contribution < 1.29 is 9.21 Å². The predicted octanol–water partition coefficient (Wildman–Crippen LogP) is 2.88. The van der Waals surface area contributed by atoms with Crippen molar-refractivity contribution >= 4 is 5.91 Å². The maximum Gasteiger partial charge on any atom is 0.275 e. The van der Waals surface area contributed by atoms with Crippen LogP contribution in [0.4, 0.5) is 0 Å². The number of nitrogens with zero attached hydrogens (tertiary/aromatic N) is 2. The Morgan fingerprint density at radius 1 is 1.40 bits per heavy atom. The van der Waals surface area contributed by atoms with E-state index in [9.17, 15) is 4.79 Å². The highest BCUT2D eigenvalue weighted by Crippen LogP contribution is 2.18. The Balaban J connectivity index is 1.98. The summed E-state index contributed by atoms with van der Waals surface area (Å²) in [6.45, 7) is 3.77. The fraction of sp³-hybridized carbons (Fsp3) is 0.733. The standard InChI is InChI=1S/C15H25N3O2/c1-2-3-8-12(16)14-17-13(11-20-14)15(19)18-9-6-4-5-7-10-18/h11-12H,2-10,16H2,1H3. The first-order chi connectivity index (χ1) is 9.72. The average molecular weight is 279 g/mol. The molecule has 1 fully saturated rings. The van der Waals surface area contributed by atoms with E-state index in [-0.39, 0.29) is 11.9 Å². The third-order valence-corrected chi connectivity index (χ3v) is 3.82. The van der Waals surface area contributed by atoms with Gasteiger partial charge in [-0.15, -0.1) is 0 Å². The molecule has 20 heavy (non-hydrogen) atoms. The highest BCUT2D eigenvalue weighted by atomic mass is 16.3. The van der Waals surface area contributed by atoms with Gasteiger partial charge in [0.05, 0.1) is 6.04 Å². The fourth-order valence-electron chi connectivity index (χ4n) is 2.54. The number of carbonyl (C=O) groups excluding carboxylic acids is 1. The summed E-state index contributed by atoms with van der Waals surface area (Å²) < 4.78 is 5.38. The van der Waals surface area contributed by atoms with E-state index in [2.05, 4.69) is 11.9 Å². The summed E-state index contributed by atoms with van der Waals surface area (Å²) >= 11 is 0. The molecule has 1 aliphatic rings. The first-order valence-corrected chi connectivity index (χ1v) is 7.72. The maximum atomic E-state index is 12.4. The van der Waals surface area contributed by atoms with Crippen LogP contribution in [0.5, 0.6) is 0 Å². The first-order valence-electron chi connectivity index (χ1n) is 7.72. The van der Waals surface area contributed by atoms with Crippen LogP contribution in [0.25, 0.3) is 0 Å². The van der Waals surface area contributed by atoms with E-state index in [1.807, 2.05) is 4.90 Å². The Hall–Kier alpha value is -1.36. The molecule has 112 valence electrons. The zero-order valence-electron chi connectivity index (χ0n) is 12.3. The molecule has 2 rings (SSSR count). The third kappa shape index (κ3) is 3.82. The van der Waals surface area contributed by atoms with Crippen LogP contribution in [0, 0.1) is 0 Å². The Kier molecular flexibility index (Phi) is 5.59. The Morgan fingerprint density at radius 3 is 2.75 bits per heavy atom. The van der Waals surface area contributed by atoms with Gasteiger partial charge in [0.15, 0.2) is 5.69 Å². The van der Waals surface area contributed by atoms with Gasteiger partial charge in [0.1, 0.15) is 6.26 Å². The van der Waals surface area contributed by atoms with Gasteiger partial charge in [-0.1, -0.05) is 32.6 Å². The van der Waals surface area contributed by atoms with Gasteiger partial charge in [-0.05, 0) is 19.3 Å². The number of unbranched alkanes of at least 4 members (excludes halogenated alkanes) is 1. The second-order valence-electron chi connectivity index (χ2n) is 5.53. The van der Waals surface area contributed by atoms with Gasteiger partial charge in [0, 0.05) is 13.1 Å². The Labute approximate surface area is 120 Å². The minimum atomic E-state index is -0.208. The van der Waals surface area contributed by atoms with E-state index in [0.29, 0.717) is 11.6 Å². The largest absolute Gasteiger partial charge is 0.446 e. The summed E-state index contributed by atoms with van der Waals surface area (Å²) in [5.41, 5.74) is 6.41. The number of amides is 1. The lowest BCUT2D eigenvalue weighted by atomic mass is 10.1. The summed E-state index contributed by atoms with van der Waals surface area (Å²) in [5.74, 6) is 0.459. The SMILES string of the molecule is CCCCC(N)c1nc(C(=O)N2CCCCCC2)co1. The molecule has 1 amide bonds. The van der Waals surface area contributed by atoms with E-state index in [1.54, 1.807) is 0 Å². The molecule has 0 saturated carbocycles. The second kappa shape index (κ2) is 7.43. The number of hydrogen-bond donors (Lipinski definition) is 1. The number of carbonyl (C=O) groups is 1. The van der Waals surface area contributed by atoms with Gasteiger partial charge in [-0.2, -0.15) is 0 Å². The summed E-state index contributed by atoms with van der Waals surface area (Å²) in [5, 5.41) is 0. The molecule has 0 radical (unpaired) electrons. The molecular weight excluding hydrogens is 254 g/mol. The van der Waals surface area contributed by atoms with Crippen LogP contribution in [0.3, 0.4) is 0 Å². The molecule has 1 saturated heterocycles. The van der Waals surface area contributed by atoms with Crippen LogP contribution < -0.4 is 5.73 Å². The van der Waals surface area contributed by atoms with Crippen LogP contribution in [0.1, 0.15) is 74.3 Å². The molecule has 5 nitrogen and oxygen atoms in total.